The Morgan fingerprint density at radius 2 is 2.16 bits per heavy atom. The van der Waals surface area contributed by atoms with E-state index in [1.807, 2.05) is 6.92 Å². The van der Waals surface area contributed by atoms with Gasteiger partial charge in [0, 0.05) is 18.9 Å². The first-order chi connectivity index (χ1) is 8.61. The number of aliphatic carboxylic acids is 1. The van der Waals surface area contributed by atoms with E-state index in [4.69, 9.17) is 0 Å². The summed E-state index contributed by atoms with van der Waals surface area (Å²) in [6, 6.07) is 0.927. The molecule has 1 aromatic heterocycles. The maximum absolute atomic E-state index is 12.3. The molecule has 1 fully saturated rings. The van der Waals surface area contributed by atoms with Crippen LogP contribution in [0.1, 0.15) is 35.2 Å². The molecule has 1 aliphatic rings. The fraction of sp³-hybridized carbons (Fsp3) is 0.462. The summed E-state index contributed by atoms with van der Waals surface area (Å²) in [5.41, 5.74) is 1.27. The summed E-state index contributed by atoms with van der Waals surface area (Å²) in [6.45, 7) is 2.28. The molecule has 1 atom stereocenters. The fourth-order valence-electron chi connectivity index (χ4n) is 2.26. The van der Waals surface area contributed by atoms with E-state index in [9.17, 15) is 14.7 Å². The molecule has 19 heavy (non-hydrogen) atoms. The van der Waals surface area contributed by atoms with Gasteiger partial charge in [-0.1, -0.05) is 0 Å². The van der Waals surface area contributed by atoms with Crippen molar-refractivity contribution < 1.29 is 44.3 Å². The number of nitrogens with zero attached hydrogens (tertiary/aromatic N) is 2. The first kappa shape index (κ1) is 16.1. The maximum Gasteiger partial charge on any atom is 1.00 e. The third-order valence-electron chi connectivity index (χ3n) is 3.31. The quantitative estimate of drug-likeness (QED) is 0.542. The first-order valence-electron chi connectivity index (χ1n) is 6.03. The van der Waals surface area contributed by atoms with Crippen molar-refractivity contribution in [3.8, 4) is 0 Å². The zero-order valence-electron chi connectivity index (χ0n) is 11.3. The number of carboxylic acids is 1. The minimum Gasteiger partial charge on any atom is -0.548 e. The van der Waals surface area contributed by atoms with E-state index in [0.29, 0.717) is 18.5 Å². The number of hydrogen-bond acceptors (Lipinski definition) is 4. The molecule has 1 unspecified atom stereocenters. The molecule has 1 saturated heterocycles. The second kappa shape index (κ2) is 7.03. The molecular weight excluding hydrogens is 255 g/mol. The van der Waals surface area contributed by atoms with Crippen molar-refractivity contribution in [2.75, 3.05) is 6.54 Å². The van der Waals surface area contributed by atoms with Crippen LogP contribution in [0.2, 0.25) is 0 Å². The maximum atomic E-state index is 12.3. The van der Waals surface area contributed by atoms with Crippen molar-refractivity contribution in [2.24, 2.45) is 0 Å². The number of carboxylic acid groups (broad SMARTS) is 1. The topological polar surface area (TPSA) is 73.3 Å². The molecule has 0 radical (unpaired) electrons. The van der Waals surface area contributed by atoms with E-state index in [2.05, 4.69) is 4.98 Å². The van der Waals surface area contributed by atoms with Crippen LogP contribution in [0.4, 0.5) is 0 Å². The van der Waals surface area contributed by atoms with Gasteiger partial charge in [-0.2, -0.15) is 0 Å². The van der Waals surface area contributed by atoms with Crippen LogP contribution in [0.5, 0.6) is 0 Å². The number of carbonyl (C=O) groups is 2. The van der Waals surface area contributed by atoms with Gasteiger partial charge in [0.25, 0.3) is 5.91 Å². The Morgan fingerprint density at radius 1 is 1.42 bits per heavy atom. The Bertz CT molecular complexity index is 479. The van der Waals surface area contributed by atoms with Gasteiger partial charge in [-0.05, 0) is 37.8 Å². The van der Waals surface area contributed by atoms with Gasteiger partial charge in [0.2, 0.25) is 0 Å². The minimum absolute atomic E-state index is 0. The molecule has 1 aliphatic heterocycles. The molecule has 2 rings (SSSR count). The van der Waals surface area contributed by atoms with Crippen LogP contribution in [0.3, 0.4) is 0 Å². The van der Waals surface area contributed by atoms with E-state index in [0.717, 1.165) is 18.4 Å². The summed E-state index contributed by atoms with van der Waals surface area (Å²) < 4.78 is 0. The molecule has 1 aromatic rings. The number of hydrogen-bond donors (Lipinski definition) is 0. The Hall–Kier alpha value is -0.910. The Balaban J connectivity index is 0.00000180. The van der Waals surface area contributed by atoms with Crippen LogP contribution in [-0.2, 0) is 4.79 Å². The Kier molecular flexibility index (Phi) is 5.97. The number of amides is 1. The predicted octanol–water partition coefficient (Wildman–Crippen LogP) is -2.86. The summed E-state index contributed by atoms with van der Waals surface area (Å²) in [6.07, 6.45) is 5.20. The first-order valence-corrected chi connectivity index (χ1v) is 6.03. The number of rotatable bonds is 2. The number of pyridine rings is 1. The van der Waals surface area contributed by atoms with Crippen LogP contribution >= 0.6 is 0 Å². The molecule has 0 aliphatic carbocycles. The van der Waals surface area contributed by atoms with Crippen molar-refractivity contribution in [1.82, 2.24) is 9.88 Å². The summed E-state index contributed by atoms with van der Waals surface area (Å²) in [5, 5.41) is 11.1. The zero-order chi connectivity index (χ0) is 13.1. The predicted molar refractivity (Wildman–Crippen MR) is 62.7 cm³/mol. The standard InChI is InChI=1S/C13H16N2O3.Na/c1-9-5-6-14-8-10(9)12(16)15-7-3-2-4-11(15)13(17)18;/h5-6,8,11H,2-4,7H2,1H3,(H,17,18);/q;+1/p-1. The molecule has 0 saturated carbocycles. The smallest absolute Gasteiger partial charge is 0.548 e. The zero-order valence-corrected chi connectivity index (χ0v) is 13.3. The van der Waals surface area contributed by atoms with Crippen LogP contribution in [0.15, 0.2) is 18.5 Å². The molecule has 0 aromatic carbocycles. The third-order valence-corrected chi connectivity index (χ3v) is 3.31. The number of piperidine rings is 1. The molecule has 0 bridgehead atoms. The van der Waals surface area contributed by atoms with Gasteiger partial charge in [0.15, 0.2) is 0 Å². The Morgan fingerprint density at radius 3 is 2.79 bits per heavy atom. The van der Waals surface area contributed by atoms with Crippen LogP contribution < -0.4 is 34.7 Å². The molecule has 2 heterocycles. The third kappa shape index (κ3) is 3.55. The van der Waals surface area contributed by atoms with Gasteiger partial charge >= 0.3 is 29.6 Å². The molecule has 1 amide bonds. The molecule has 5 nitrogen and oxygen atoms in total. The van der Waals surface area contributed by atoms with E-state index in [-0.39, 0.29) is 35.5 Å². The molecular formula is C13H15N2NaO3. The molecule has 96 valence electrons. The molecule has 0 N–H and O–H groups in total. The van der Waals surface area contributed by atoms with Crippen molar-refractivity contribution >= 4 is 11.9 Å². The number of aryl methyl sites for hydroxylation is 1. The van der Waals surface area contributed by atoms with E-state index >= 15 is 0 Å². The second-order valence-corrected chi connectivity index (χ2v) is 4.52. The summed E-state index contributed by atoms with van der Waals surface area (Å²) in [4.78, 5) is 28.7. The van der Waals surface area contributed by atoms with E-state index in [1.54, 1.807) is 12.3 Å². The number of likely N-dealkylation sites (tertiary alicyclic amines) is 1. The van der Waals surface area contributed by atoms with Crippen LogP contribution in [0, 0.1) is 6.92 Å². The minimum atomic E-state index is -1.18. The van der Waals surface area contributed by atoms with Gasteiger partial charge in [-0.15, -0.1) is 0 Å². The van der Waals surface area contributed by atoms with Crippen LogP contribution in [0.25, 0.3) is 0 Å². The molecule has 6 heteroatoms. The average molecular weight is 270 g/mol. The average Bonchev–Trinajstić information content (AvgIpc) is 2.38. The van der Waals surface area contributed by atoms with Gasteiger partial charge < -0.3 is 14.8 Å². The van der Waals surface area contributed by atoms with Gasteiger partial charge in [-0.25, -0.2) is 0 Å². The van der Waals surface area contributed by atoms with E-state index < -0.39 is 12.0 Å². The van der Waals surface area contributed by atoms with Crippen molar-refractivity contribution in [3.05, 3.63) is 29.6 Å². The second-order valence-electron chi connectivity index (χ2n) is 4.52. The number of carbonyl (C=O) groups excluding carboxylic acids is 2. The molecule has 0 spiro atoms. The normalized spacial score (nSPS) is 18.6. The van der Waals surface area contributed by atoms with Crippen molar-refractivity contribution in [2.45, 2.75) is 32.2 Å². The largest absolute Gasteiger partial charge is 1.00 e. The number of aromatic nitrogens is 1. The van der Waals surface area contributed by atoms with Crippen molar-refractivity contribution in [1.29, 1.82) is 0 Å². The summed E-state index contributed by atoms with van der Waals surface area (Å²) in [5.74, 6) is -1.45. The van der Waals surface area contributed by atoms with E-state index in [1.165, 1.54) is 11.1 Å². The fourth-order valence-corrected chi connectivity index (χ4v) is 2.26. The van der Waals surface area contributed by atoms with Gasteiger partial charge in [0.05, 0.1) is 17.6 Å². The SMILES string of the molecule is Cc1ccncc1C(=O)N1CCCCC1C(=O)[O-].[Na+]. The summed E-state index contributed by atoms with van der Waals surface area (Å²) in [7, 11) is 0. The van der Waals surface area contributed by atoms with Crippen LogP contribution in [-0.4, -0.2) is 34.3 Å². The summed E-state index contributed by atoms with van der Waals surface area (Å²) >= 11 is 0. The van der Waals surface area contributed by atoms with Crippen molar-refractivity contribution in [3.63, 3.8) is 0 Å². The van der Waals surface area contributed by atoms with Gasteiger partial charge in [-0.3, -0.25) is 9.78 Å². The monoisotopic (exact) mass is 270 g/mol. The van der Waals surface area contributed by atoms with Gasteiger partial charge in [0.1, 0.15) is 0 Å². The Labute approximate surface area is 134 Å².